The highest BCUT2D eigenvalue weighted by atomic mass is 16.3. The van der Waals surface area contributed by atoms with Crippen LogP contribution in [0.25, 0.3) is 0 Å². The summed E-state index contributed by atoms with van der Waals surface area (Å²) in [7, 11) is 0. The third-order valence-electron chi connectivity index (χ3n) is 4.51. The SMILES string of the molecule is CCCCC[C@H](C)C1CCCC(C(C)O)C1. The van der Waals surface area contributed by atoms with E-state index in [0.29, 0.717) is 5.92 Å². The molecule has 1 aliphatic carbocycles. The maximum atomic E-state index is 9.69. The molecular formula is C15H30O. The van der Waals surface area contributed by atoms with E-state index in [1.807, 2.05) is 6.92 Å². The van der Waals surface area contributed by atoms with E-state index < -0.39 is 0 Å². The highest BCUT2D eigenvalue weighted by Gasteiger charge is 2.27. The summed E-state index contributed by atoms with van der Waals surface area (Å²) >= 11 is 0. The van der Waals surface area contributed by atoms with Gasteiger partial charge in [-0.3, -0.25) is 0 Å². The lowest BCUT2D eigenvalue weighted by atomic mass is 9.73. The molecule has 0 saturated heterocycles. The van der Waals surface area contributed by atoms with Crippen molar-refractivity contribution in [1.29, 1.82) is 0 Å². The van der Waals surface area contributed by atoms with E-state index in [1.54, 1.807) is 0 Å². The van der Waals surface area contributed by atoms with Gasteiger partial charge >= 0.3 is 0 Å². The fourth-order valence-corrected chi connectivity index (χ4v) is 3.17. The topological polar surface area (TPSA) is 20.2 Å². The second-order valence-electron chi connectivity index (χ2n) is 5.90. The zero-order valence-corrected chi connectivity index (χ0v) is 11.4. The molecule has 1 nitrogen and oxygen atoms in total. The summed E-state index contributed by atoms with van der Waals surface area (Å²) in [6, 6.07) is 0. The van der Waals surface area contributed by atoms with Gasteiger partial charge in [-0.1, -0.05) is 52.4 Å². The smallest absolute Gasteiger partial charge is 0.0540 e. The fourth-order valence-electron chi connectivity index (χ4n) is 3.17. The van der Waals surface area contributed by atoms with Gasteiger partial charge in [-0.05, 0) is 37.5 Å². The Morgan fingerprint density at radius 2 is 1.81 bits per heavy atom. The summed E-state index contributed by atoms with van der Waals surface area (Å²) in [5.41, 5.74) is 0. The first kappa shape index (κ1) is 14.0. The van der Waals surface area contributed by atoms with Crippen molar-refractivity contribution in [3.8, 4) is 0 Å². The van der Waals surface area contributed by atoms with E-state index >= 15 is 0 Å². The van der Waals surface area contributed by atoms with Crippen molar-refractivity contribution >= 4 is 0 Å². The molecule has 1 rings (SSSR count). The predicted octanol–water partition coefficient (Wildman–Crippen LogP) is 4.39. The monoisotopic (exact) mass is 226 g/mol. The Kier molecular flexibility index (Phi) is 6.41. The van der Waals surface area contributed by atoms with Crippen LogP contribution >= 0.6 is 0 Å². The Morgan fingerprint density at radius 1 is 1.12 bits per heavy atom. The molecule has 0 radical (unpaired) electrons. The van der Waals surface area contributed by atoms with Crippen LogP contribution in [0.5, 0.6) is 0 Å². The van der Waals surface area contributed by atoms with Crippen LogP contribution in [0.2, 0.25) is 0 Å². The Bertz CT molecular complexity index is 176. The molecule has 1 fully saturated rings. The standard InChI is InChI=1S/C15H30O/c1-4-5-6-8-12(2)14-9-7-10-15(11-14)13(3)16/h12-16H,4-11H2,1-3H3/t12-,13?,14?,15?/m0/s1. The van der Waals surface area contributed by atoms with Crippen molar-refractivity contribution in [2.24, 2.45) is 17.8 Å². The molecule has 0 aromatic carbocycles. The number of rotatable bonds is 6. The summed E-state index contributed by atoms with van der Waals surface area (Å²) in [4.78, 5) is 0. The minimum absolute atomic E-state index is 0.0920. The average molecular weight is 226 g/mol. The van der Waals surface area contributed by atoms with Gasteiger partial charge in [0, 0.05) is 0 Å². The van der Waals surface area contributed by atoms with E-state index in [0.717, 1.165) is 11.8 Å². The van der Waals surface area contributed by atoms with Crippen LogP contribution in [-0.2, 0) is 0 Å². The third kappa shape index (κ3) is 4.45. The highest BCUT2D eigenvalue weighted by Crippen LogP contribution is 2.37. The maximum absolute atomic E-state index is 9.69. The van der Waals surface area contributed by atoms with Crippen molar-refractivity contribution in [1.82, 2.24) is 0 Å². The molecule has 0 aromatic rings. The van der Waals surface area contributed by atoms with Gasteiger partial charge in [0.15, 0.2) is 0 Å². The lowest BCUT2D eigenvalue weighted by Crippen LogP contribution is -2.27. The van der Waals surface area contributed by atoms with Crippen molar-refractivity contribution < 1.29 is 5.11 Å². The van der Waals surface area contributed by atoms with Crippen LogP contribution in [0, 0.1) is 17.8 Å². The number of aliphatic hydroxyl groups is 1. The largest absolute Gasteiger partial charge is 0.393 e. The van der Waals surface area contributed by atoms with E-state index in [2.05, 4.69) is 13.8 Å². The van der Waals surface area contributed by atoms with Gasteiger partial charge in [-0.25, -0.2) is 0 Å². The fraction of sp³-hybridized carbons (Fsp3) is 1.00. The van der Waals surface area contributed by atoms with E-state index in [9.17, 15) is 5.11 Å². The number of aliphatic hydroxyl groups excluding tert-OH is 1. The van der Waals surface area contributed by atoms with Crippen LogP contribution in [0.3, 0.4) is 0 Å². The Hall–Kier alpha value is -0.0400. The zero-order valence-electron chi connectivity index (χ0n) is 11.4. The zero-order chi connectivity index (χ0) is 12.0. The minimum Gasteiger partial charge on any atom is -0.393 e. The van der Waals surface area contributed by atoms with Crippen LogP contribution in [0.4, 0.5) is 0 Å². The van der Waals surface area contributed by atoms with Crippen molar-refractivity contribution in [3.05, 3.63) is 0 Å². The van der Waals surface area contributed by atoms with Gasteiger partial charge in [-0.15, -0.1) is 0 Å². The van der Waals surface area contributed by atoms with E-state index in [-0.39, 0.29) is 6.10 Å². The van der Waals surface area contributed by atoms with Crippen LogP contribution < -0.4 is 0 Å². The Morgan fingerprint density at radius 3 is 2.44 bits per heavy atom. The summed E-state index contributed by atoms with van der Waals surface area (Å²) in [6.07, 6.45) is 10.7. The Labute approximate surface area is 102 Å². The second kappa shape index (κ2) is 7.32. The predicted molar refractivity (Wildman–Crippen MR) is 70.4 cm³/mol. The van der Waals surface area contributed by atoms with Crippen molar-refractivity contribution in [2.75, 3.05) is 0 Å². The van der Waals surface area contributed by atoms with Crippen LogP contribution in [0.15, 0.2) is 0 Å². The summed E-state index contributed by atoms with van der Waals surface area (Å²) in [5.74, 6) is 2.32. The molecule has 16 heavy (non-hydrogen) atoms. The summed E-state index contributed by atoms with van der Waals surface area (Å²) < 4.78 is 0. The number of hydrogen-bond acceptors (Lipinski definition) is 1. The lowest BCUT2D eigenvalue weighted by molar-refractivity contribution is 0.0698. The van der Waals surface area contributed by atoms with Gasteiger partial charge in [-0.2, -0.15) is 0 Å². The summed E-state index contributed by atoms with van der Waals surface area (Å²) in [6.45, 7) is 6.66. The first-order valence-electron chi connectivity index (χ1n) is 7.33. The first-order chi connectivity index (χ1) is 7.65. The van der Waals surface area contributed by atoms with Crippen molar-refractivity contribution in [3.63, 3.8) is 0 Å². The average Bonchev–Trinajstić information content (AvgIpc) is 2.29. The molecule has 0 amide bonds. The van der Waals surface area contributed by atoms with Gasteiger partial charge in [0.2, 0.25) is 0 Å². The Balaban J connectivity index is 2.29. The molecule has 1 heteroatoms. The molecule has 0 spiro atoms. The summed E-state index contributed by atoms with van der Waals surface area (Å²) in [5, 5.41) is 9.69. The molecule has 0 heterocycles. The molecule has 0 aliphatic heterocycles. The van der Waals surface area contributed by atoms with E-state index in [1.165, 1.54) is 51.4 Å². The van der Waals surface area contributed by atoms with Crippen LogP contribution in [0.1, 0.15) is 72.1 Å². The van der Waals surface area contributed by atoms with Gasteiger partial charge < -0.3 is 5.11 Å². The maximum Gasteiger partial charge on any atom is 0.0540 e. The molecule has 1 aliphatic rings. The van der Waals surface area contributed by atoms with Gasteiger partial charge in [0.25, 0.3) is 0 Å². The molecular weight excluding hydrogens is 196 g/mol. The highest BCUT2D eigenvalue weighted by molar-refractivity contribution is 4.79. The first-order valence-corrected chi connectivity index (χ1v) is 7.33. The third-order valence-corrected chi connectivity index (χ3v) is 4.51. The molecule has 3 unspecified atom stereocenters. The number of hydrogen-bond donors (Lipinski definition) is 1. The number of unbranched alkanes of at least 4 members (excludes halogenated alkanes) is 2. The second-order valence-corrected chi connectivity index (χ2v) is 5.90. The molecule has 1 N–H and O–H groups in total. The van der Waals surface area contributed by atoms with Crippen LogP contribution in [-0.4, -0.2) is 11.2 Å². The minimum atomic E-state index is -0.0920. The molecule has 4 atom stereocenters. The van der Waals surface area contributed by atoms with Crippen molar-refractivity contribution in [2.45, 2.75) is 78.2 Å². The lowest BCUT2D eigenvalue weighted by Gasteiger charge is -2.34. The molecule has 96 valence electrons. The van der Waals surface area contributed by atoms with E-state index in [4.69, 9.17) is 0 Å². The quantitative estimate of drug-likeness (QED) is 0.666. The molecule has 1 saturated carbocycles. The van der Waals surface area contributed by atoms with Gasteiger partial charge in [0.1, 0.15) is 0 Å². The normalized spacial score (nSPS) is 30.0. The molecule has 0 bridgehead atoms. The van der Waals surface area contributed by atoms with Gasteiger partial charge in [0.05, 0.1) is 6.10 Å². The molecule has 0 aromatic heterocycles.